The summed E-state index contributed by atoms with van der Waals surface area (Å²) in [6.45, 7) is 3.89. The number of nitrogens with zero attached hydrogens (tertiary/aromatic N) is 7. The van der Waals surface area contributed by atoms with E-state index in [9.17, 15) is 22.0 Å². The van der Waals surface area contributed by atoms with Crippen LogP contribution < -0.4 is 9.80 Å². The van der Waals surface area contributed by atoms with Crippen molar-refractivity contribution in [2.75, 3.05) is 36.0 Å². The summed E-state index contributed by atoms with van der Waals surface area (Å²) >= 11 is 0. The molecule has 1 spiro atoms. The number of pyridine rings is 1. The molecule has 2 aliphatic heterocycles. The first kappa shape index (κ1) is 22.7. The highest BCUT2D eigenvalue weighted by Crippen LogP contribution is 2.43. The Morgan fingerprint density at radius 1 is 1.03 bits per heavy atom. The number of hydrogen-bond acceptors (Lipinski definition) is 6. The zero-order valence-electron chi connectivity index (χ0n) is 18.6. The van der Waals surface area contributed by atoms with Crippen molar-refractivity contribution >= 4 is 22.8 Å². The van der Waals surface area contributed by atoms with Gasteiger partial charge < -0.3 is 9.80 Å². The van der Waals surface area contributed by atoms with Crippen LogP contribution in [0.5, 0.6) is 0 Å². The largest absolute Gasteiger partial charge is 0.416 e. The molecule has 2 saturated heterocycles. The van der Waals surface area contributed by atoms with Crippen molar-refractivity contribution in [1.29, 1.82) is 0 Å². The van der Waals surface area contributed by atoms with E-state index in [1.165, 1.54) is 10.9 Å². The van der Waals surface area contributed by atoms with Crippen LogP contribution in [0.3, 0.4) is 0 Å². The maximum Gasteiger partial charge on any atom is 0.416 e. The number of alkyl halides is 5. The highest BCUT2D eigenvalue weighted by atomic mass is 19.4. The van der Waals surface area contributed by atoms with Crippen molar-refractivity contribution in [1.82, 2.24) is 24.7 Å². The molecule has 0 bridgehead atoms. The van der Waals surface area contributed by atoms with Gasteiger partial charge in [-0.2, -0.15) is 18.3 Å². The number of piperidine rings is 1. The molecule has 3 aromatic rings. The summed E-state index contributed by atoms with van der Waals surface area (Å²) in [5, 5.41) is 4.14. The van der Waals surface area contributed by atoms with Crippen LogP contribution in [0.4, 0.5) is 33.6 Å². The number of aryl methyl sites for hydroxylation is 1. The second kappa shape index (κ2) is 8.31. The van der Waals surface area contributed by atoms with E-state index in [0.29, 0.717) is 54.7 Å². The third-order valence-corrected chi connectivity index (χ3v) is 6.89. The Kier molecular flexibility index (Phi) is 5.56. The van der Waals surface area contributed by atoms with E-state index in [0.717, 1.165) is 31.4 Å². The fourth-order valence-electron chi connectivity index (χ4n) is 5.01. The lowest BCUT2D eigenvalue weighted by Gasteiger charge is -2.39. The monoisotopic (exact) mass is 481 g/mol. The van der Waals surface area contributed by atoms with E-state index < -0.39 is 24.7 Å². The molecule has 0 radical (unpaired) electrons. The summed E-state index contributed by atoms with van der Waals surface area (Å²) in [4.78, 5) is 17.2. The van der Waals surface area contributed by atoms with Crippen LogP contribution in [0.1, 0.15) is 30.5 Å². The molecule has 0 saturated carbocycles. The summed E-state index contributed by atoms with van der Waals surface area (Å²) in [6, 6.07) is 2.10. The molecular weight excluding hydrogens is 457 g/mol. The Morgan fingerprint density at radius 3 is 2.41 bits per heavy atom. The molecule has 3 aromatic heterocycles. The third-order valence-electron chi connectivity index (χ3n) is 6.89. The highest BCUT2D eigenvalue weighted by Gasteiger charge is 2.42. The lowest BCUT2D eigenvalue weighted by atomic mass is 9.78. The van der Waals surface area contributed by atoms with Crippen LogP contribution in [0.2, 0.25) is 0 Å². The van der Waals surface area contributed by atoms with Crippen LogP contribution in [0.15, 0.2) is 24.5 Å². The van der Waals surface area contributed by atoms with Gasteiger partial charge >= 0.3 is 6.18 Å². The number of halogens is 5. The Labute approximate surface area is 192 Å². The second-order valence-electron chi connectivity index (χ2n) is 9.12. The van der Waals surface area contributed by atoms with E-state index in [1.807, 2.05) is 4.90 Å². The normalized spacial score (nSPS) is 18.6. The van der Waals surface area contributed by atoms with Crippen molar-refractivity contribution in [3.05, 3.63) is 35.8 Å². The lowest BCUT2D eigenvalue weighted by Crippen LogP contribution is -2.42. The summed E-state index contributed by atoms with van der Waals surface area (Å²) < 4.78 is 66.3. The number of aromatic nitrogens is 5. The minimum atomic E-state index is -4.40. The number of anilines is 2. The van der Waals surface area contributed by atoms with Gasteiger partial charge in [-0.15, -0.1) is 0 Å². The Hall–Kier alpha value is -3.05. The average molecular weight is 481 g/mol. The van der Waals surface area contributed by atoms with Gasteiger partial charge in [0.05, 0.1) is 17.5 Å². The topological polar surface area (TPSA) is 63.0 Å². The van der Waals surface area contributed by atoms with Crippen LogP contribution in [0, 0.1) is 12.3 Å². The van der Waals surface area contributed by atoms with Gasteiger partial charge in [0.15, 0.2) is 5.65 Å². The van der Waals surface area contributed by atoms with Crippen LogP contribution in [0.25, 0.3) is 11.2 Å². The number of hydrogen-bond donors (Lipinski definition) is 0. The minimum absolute atomic E-state index is 0.00200. The zero-order chi connectivity index (χ0) is 24.1. The van der Waals surface area contributed by atoms with Gasteiger partial charge in [-0.05, 0) is 43.7 Å². The summed E-state index contributed by atoms with van der Waals surface area (Å²) in [5.74, 6) is 0.972. The second-order valence-corrected chi connectivity index (χ2v) is 9.12. The molecule has 0 aliphatic carbocycles. The van der Waals surface area contributed by atoms with Gasteiger partial charge in [-0.1, -0.05) is 0 Å². The fourth-order valence-corrected chi connectivity index (χ4v) is 5.01. The molecule has 0 N–H and O–H groups in total. The highest BCUT2D eigenvalue weighted by molar-refractivity contribution is 5.74. The Balaban J connectivity index is 1.28. The van der Waals surface area contributed by atoms with Gasteiger partial charge in [-0.3, -0.25) is 0 Å². The maximum atomic E-state index is 13.1. The van der Waals surface area contributed by atoms with E-state index in [2.05, 4.69) is 25.0 Å². The number of fused-ring (bicyclic) bond motifs is 1. The molecule has 2 aliphatic rings. The third kappa shape index (κ3) is 4.25. The smallest absolute Gasteiger partial charge is 0.356 e. The van der Waals surface area contributed by atoms with Crippen LogP contribution in [-0.4, -0.2) is 57.3 Å². The molecule has 34 heavy (non-hydrogen) atoms. The first-order chi connectivity index (χ1) is 16.1. The van der Waals surface area contributed by atoms with Crippen molar-refractivity contribution < 1.29 is 22.0 Å². The molecule has 7 nitrogen and oxygen atoms in total. The molecular formula is C22H24F5N7. The van der Waals surface area contributed by atoms with Gasteiger partial charge in [0.2, 0.25) is 0 Å². The van der Waals surface area contributed by atoms with Gasteiger partial charge in [0.25, 0.3) is 6.43 Å². The molecule has 0 amide bonds. The lowest BCUT2D eigenvalue weighted by molar-refractivity contribution is -0.137. The molecule has 0 atom stereocenters. The standard InChI is InChI=1S/C22H24F5N7/c1-14-19-20(34(31-14)12-16(23)24)30-18(11-29-19)32-7-3-21(4-8-32)5-9-33(13-21)17-10-15(2-6-28-17)22(25,26)27/h2,6,10-11,16H,3-5,7-9,12-13H2,1H3. The first-order valence-corrected chi connectivity index (χ1v) is 11.2. The van der Waals surface area contributed by atoms with E-state index in [-0.39, 0.29) is 5.41 Å². The SMILES string of the molecule is Cc1nn(CC(F)F)c2nc(N3CCC4(CCN(c5cc(C(F)(F)F)ccn5)C4)CC3)cnc12. The molecule has 5 heterocycles. The number of rotatable bonds is 4. The van der Waals surface area contributed by atoms with E-state index >= 15 is 0 Å². The average Bonchev–Trinajstić information content (AvgIpc) is 3.34. The Bertz CT molecular complexity index is 1180. The molecule has 5 rings (SSSR count). The van der Waals surface area contributed by atoms with E-state index in [1.54, 1.807) is 13.1 Å². The molecule has 0 unspecified atom stereocenters. The first-order valence-electron chi connectivity index (χ1n) is 11.2. The predicted molar refractivity (Wildman–Crippen MR) is 116 cm³/mol. The van der Waals surface area contributed by atoms with E-state index in [4.69, 9.17) is 0 Å². The quantitative estimate of drug-likeness (QED) is 0.518. The molecule has 2 fully saturated rings. The zero-order valence-corrected chi connectivity index (χ0v) is 18.6. The molecule has 12 heteroatoms. The summed E-state index contributed by atoms with van der Waals surface area (Å²) in [6.07, 6.45) is -1.51. The van der Waals surface area contributed by atoms with Crippen LogP contribution in [-0.2, 0) is 12.7 Å². The molecule has 0 aromatic carbocycles. The van der Waals surface area contributed by atoms with Crippen molar-refractivity contribution in [3.63, 3.8) is 0 Å². The van der Waals surface area contributed by atoms with Gasteiger partial charge in [0, 0.05) is 32.4 Å². The molecule has 182 valence electrons. The van der Waals surface area contributed by atoms with Crippen molar-refractivity contribution in [2.24, 2.45) is 5.41 Å². The summed E-state index contributed by atoms with van der Waals surface area (Å²) in [5.41, 5.74) is 0.721. The maximum absolute atomic E-state index is 13.1. The van der Waals surface area contributed by atoms with Crippen LogP contribution >= 0.6 is 0 Å². The Morgan fingerprint density at radius 2 is 1.74 bits per heavy atom. The van der Waals surface area contributed by atoms with Crippen molar-refractivity contribution in [2.45, 2.75) is 45.3 Å². The predicted octanol–water partition coefficient (Wildman–Crippen LogP) is 4.31. The van der Waals surface area contributed by atoms with Gasteiger partial charge in [-0.25, -0.2) is 28.4 Å². The minimum Gasteiger partial charge on any atom is -0.356 e. The van der Waals surface area contributed by atoms with Crippen molar-refractivity contribution in [3.8, 4) is 0 Å². The summed E-state index contributed by atoms with van der Waals surface area (Å²) in [7, 11) is 0. The fraction of sp³-hybridized carbons (Fsp3) is 0.545. The van der Waals surface area contributed by atoms with Gasteiger partial charge in [0.1, 0.15) is 23.7 Å².